The predicted molar refractivity (Wildman–Crippen MR) is 120 cm³/mol. The van der Waals surface area contributed by atoms with Crippen molar-refractivity contribution in [3.63, 3.8) is 0 Å². The number of carbonyl (C=O) groups excluding carboxylic acids is 1. The van der Waals surface area contributed by atoms with Crippen molar-refractivity contribution in [3.8, 4) is 11.3 Å². The van der Waals surface area contributed by atoms with Gasteiger partial charge in [-0.05, 0) is 42.3 Å². The van der Waals surface area contributed by atoms with Crippen LogP contribution in [-0.4, -0.2) is 21.7 Å². The fourth-order valence-electron chi connectivity index (χ4n) is 3.93. The second kappa shape index (κ2) is 9.09. The van der Waals surface area contributed by atoms with E-state index in [1.165, 1.54) is 31.5 Å². The van der Waals surface area contributed by atoms with Gasteiger partial charge in [-0.1, -0.05) is 50.1 Å². The first kappa shape index (κ1) is 21.4. The Kier molecular flexibility index (Phi) is 6.27. The van der Waals surface area contributed by atoms with Crippen LogP contribution in [0.15, 0.2) is 50.8 Å². The van der Waals surface area contributed by atoms with Crippen LogP contribution in [0.5, 0.6) is 0 Å². The maximum Gasteiger partial charge on any atom is 0.325 e. The van der Waals surface area contributed by atoms with Crippen LogP contribution in [0.4, 0.5) is 5.69 Å². The Hall–Kier alpha value is -2.87. The average molecular weight is 440 g/mol. The third kappa shape index (κ3) is 4.17. The first-order chi connectivity index (χ1) is 15.0. The van der Waals surface area contributed by atoms with Crippen LogP contribution < -0.4 is 15.1 Å². The van der Waals surface area contributed by atoms with Crippen LogP contribution >= 0.6 is 11.8 Å². The lowest BCUT2D eigenvalue weighted by molar-refractivity contribution is -0.764. The molecule has 1 atom stereocenters. The second-order valence-electron chi connectivity index (χ2n) is 7.69. The van der Waals surface area contributed by atoms with Gasteiger partial charge in [-0.2, -0.15) is 0 Å². The summed E-state index contributed by atoms with van der Waals surface area (Å²) in [5.41, 5.74) is 1.53. The van der Waals surface area contributed by atoms with Crippen LogP contribution in [0, 0.1) is 6.92 Å². The number of carbonyl (C=O) groups is 1. The number of nitrogens with zero attached hydrogens (tertiary/aromatic N) is 3. The lowest BCUT2D eigenvalue weighted by atomic mass is 10.0. The number of hydrogen-bond acceptors (Lipinski definition) is 5. The van der Waals surface area contributed by atoms with E-state index in [0.29, 0.717) is 27.9 Å². The fraction of sp³-hybridized carbons (Fsp3) is 0.391. The number of aryl methyl sites for hydroxylation is 1. The van der Waals surface area contributed by atoms with Crippen LogP contribution in [0.2, 0.25) is 0 Å². The highest BCUT2D eigenvalue weighted by Crippen LogP contribution is 2.37. The summed E-state index contributed by atoms with van der Waals surface area (Å²) in [5, 5.41) is 5.30. The van der Waals surface area contributed by atoms with Crippen molar-refractivity contribution >= 4 is 23.4 Å². The Labute approximate surface area is 185 Å². The standard InChI is InChI=1S/C23H26N4O3S/c1-4-5-6-9-14-31-23-24-21(29)20-17-10-7-8-11-18(17)26(16(3)28)22(27(20)25-23)19-13-12-15(2)30-19/h7-8,10-13,22H,4-6,9,14H2,1-3H3/p+1. The number of aromatic nitrogens is 3. The van der Waals surface area contributed by atoms with E-state index in [2.05, 4.69) is 11.9 Å². The van der Waals surface area contributed by atoms with Crippen molar-refractivity contribution in [1.82, 2.24) is 10.1 Å². The van der Waals surface area contributed by atoms with Crippen molar-refractivity contribution < 1.29 is 13.9 Å². The lowest BCUT2D eigenvalue weighted by Crippen LogP contribution is -2.60. The summed E-state index contributed by atoms with van der Waals surface area (Å²) >= 11 is 1.53. The highest BCUT2D eigenvalue weighted by molar-refractivity contribution is 7.99. The molecule has 0 saturated carbocycles. The zero-order valence-electron chi connectivity index (χ0n) is 18.1. The monoisotopic (exact) mass is 439 g/mol. The van der Waals surface area contributed by atoms with Gasteiger partial charge in [0.25, 0.3) is 0 Å². The summed E-state index contributed by atoms with van der Waals surface area (Å²) in [6.45, 7) is 5.55. The van der Waals surface area contributed by atoms with Gasteiger partial charge in [0, 0.05) is 17.8 Å². The minimum absolute atomic E-state index is 0.152. The van der Waals surface area contributed by atoms with Crippen LogP contribution in [0.1, 0.15) is 57.2 Å². The van der Waals surface area contributed by atoms with Gasteiger partial charge < -0.3 is 4.42 Å². The molecule has 1 aliphatic rings. The zero-order valence-corrected chi connectivity index (χ0v) is 18.9. The van der Waals surface area contributed by atoms with Crippen molar-refractivity contribution in [2.75, 3.05) is 10.7 Å². The van der Waals surface area contributed by atoms with E-state index in [1.54, 1.807) is 9.58 Å². The molecule has 0 fully saturated rings. The van der Waals surface area contributed by atoms with Gasteiger partial charge in [-0.25, -0.2) is 4.90 Å². The Bertz CT molecular complexity index is 1150. The summed E-state index contributed by atoms with van der Waals surface area (Å²) in [7, 11) is 0. The second-order valence-corrected chi connectivity index (χ2v) is 8.77. The molecule has 1 N–H and O–H groups in total. The molecule has 0 aliphatic carbocycles. The molecule has 1 amide bonds. The number of fused-ring (bicyclic) bond motifs is 3. The molecule has 0 spiro atoms. The molecule has 3 aromatic rings. The molecular weight excluding hydrogens is 412 g/mol. The maximum atomic E-state index is 13.2. The SMILES string of the molecule is CCCCCCSc1n[n+]2c(c(=O)[nH]1)-c1ccccc1N(C(C)=O)C2c1ccc(C)o1. The minimum Gasteiger partial charge on any atom is -0.457 e. The van der Waals surface area contributed by atoms with Crippen LogP contribution in [0.25, 0.3) is 11.3 Å². The number of benzene rings is 1. The van der Waals surface area contributed by atoms with E-state index < -0.39 is 6.17 Å². The van der Waals surface area contributed by atoms with Gasteiger partial charge in [0.2, 0.25) is 11.1 Å². The third-order valence-corrected chi connectivity index (χ3v) is 6.30. The number of hydrogen-bond donors (Lipinski definition) is 1. The van der Waals surface area contributed by atoms with Crippen molar-refractivity contribution in [2.45, 2.75) is 57.8 Å². The summed E-state index contributed by atoms with van der Waals surface area (Å²) in [5.74, 6) is 2.01. The lowest BCUT2D eigenvalue weighted by Gasteiger charge is -2.30. The predicted octanol–water partition coefficient (Wildman–Crippen LogP) is 4.21. The Balaban J connectivity index is 1.83. The molecule has 8 heteroatoms. The smallest absolute Gasteiger partial charge is 0.325 e. The van der Waals surface area contributed by atoms with Gasteiger partial charge in [-0.15, -0.1) is 0 Å². The molecule has 2 aromatic heterocycles. The maximum absolute atomic E-state index is 13.2. The van der Waals surface area contributed by atoms with E-state index in [-0.39, 0.29) is 11.5 Å². The number of thioether (sulfide) groups is 1. The number of aromatic amines is 1. The summed E-state index contributed by atoms with van der Waals surface area (Å²) in [4.78, 5) is 30.5. The molecule has 162 valence electrons. The van der Waals surface area contributed by atoms with E-state index >= 15 is 0 Å². The Morgan fingerprint density at radius 3 is 2.74 bits per heavy atom. The molecular formula is C23H27N4O3S+. The largest absolute Gasteiger partial charge is 0.457 e. The van der Waals surface area contributed by atoms with Gasteiger partial charge in [-0.3, -0.25) is 14.6 Å². The number of nitrogens with one attached hydrogen (secondary N) is 1. The number of furan rings is 1. The molecule has 1 aromatic carbocycles. The highest BCUT2D eigenvalue weighted by Gasteiger charge is 2.46. The minimum atomic E-state index is -0.669. The number of rotatable bonds is 7. The van der Waals surface area contributed by atoms with E-state index in [9.17, 15) is 9.59 Å². The van der Waals surface area contributed by atoms with Crippen molar-refractivity contribution in [3.05, 3.63) is 58.3 Å². The summed E-state index contributed by atoms with van der Waals surface area (Å²) < 4.78 is 7.54. The Morgan fingerprint density at radius 1 is 1.23 bits per heavy atom. The molecule has 0 saturated heterocycles. The third-order valence-electron chi connectivity index (χ3n) is 5.35. The van der Waals surface area contributed by atoms with Crippen molar-refractivity contribution in [1.29, 1.82) is 0 Å². The molecule has 0 radical (unpaired) electrons. The van der Waals surface area contributed by atoms with Gasteiger partial charge in [0.1, 0.15) is 5.76 Å². The van der Waals surface area contributed by atoms with Crippen molar-refractivity contribution in [2.24, 2.45) is 0 Å². The summed E-state index contributed by atoms with van der Waals surface area (Å²) in [6, 6.07) is 11.1. The first-order valence-electron chi connectivity index (χ1n) is 10.7. The zero-order chi connectivity index (χ0) is 22.0. The molecule has 4 rings (SSSR count). The molecule has 1 unspecified atom stereocenters. The van der Waals surface area contributed by atoms with E-state index in [4.69, 9.17) is 9.52 Å². The number of H-pyrrole nitrogens is 1. The number of anilines is 1. The topological polar surface area (TPSA) is 83.1 Å². The van der Waals surface area contributed by atoms with Crippen LogP contribution in [0.3, 0.4) is 0 Å². The van der Waals surface area contributed by atoms with Gasteiger partial charge in [0.05, 0.1) is 11.3 Å². The quantitative estimate of drug-likeness (QED) is 0.339. The fourth-order valence-corrected chi connectivity index (χ4v) is 4.78. The number of unbranched alkanes of at least 4 members (excludes halogenated alkanes) is 3. The summed E-state index contributed by atoms with van der Waals surface area (Å²) in [6.07, 6.45) is 3.93. The molecule has 31 heavy (non-hydrogen) atoms. The Morgan fingerprint density at radius 2 is 2.03 bits per heavy atom. The molecule has 0 bridgehead atoms. The van der Waals surface area contributed by atoms with E-state index in [1.807, 2.05) is 43.3 Å². The molecule has 7 nitrogen and oxygen atoms in total. The first-order valence-corrected chi connectivity index (χ1v) is 11.6. The van der Waals surface area contributed by atoms with Gasteiger partial charge >= 0.3 is 17.4 Å². The van der Waals surface area contributed by atoms with Gasteiger partial charge in [0.15, 0.2) is 5.76 Å². The number of amides is 1. The van der Waals surface area contributed by atoms with Crippen LogP contribution in [-0.2, 0) is 4.79 Å². The molecule has 1 aliphatic heterocycles. The average Bonchev–Trinajstić information content (AvgIpc) is 3.18. The normalized spacial score (nSPS) is 14.9. The number of para-hydroxylation sites is 1. The molecule has 3 heterocycles. The van der Waals surface area contributed by atoms with E-state index in [0.717, 1.165) is 24.4 Å². The highest BCUT2D eigenvalue weighted by atomic mass is 32.2.